The Morgan fingerprint density at radius 2 is 2.06 bits per heavy atom. The van der Waals surface area contributed by atoms with Crippen molar-refractivity contribution in [3.05, 3.63) is 29.1 Å². The summed E-state index contributed by atoms with van der Waals surface area (Å²) in [6.45, 7) is 0. The average Bonchev–Trinajstić information content (AvgIpc) is 2.81. The van der Waals surface area contributed by atoms with Gasteiger partial charge in [0.05, 0.1) is 23.1 Å². The maximum atomic E-state index is 5.80. The minimum atomic E-state index is 0.484. The molecule has 2 heterocycles. The Labute approximate surface area is 112 Å². The van der Waals surface area contributed by atoms with Gasteiger partial charge in [-0.2, -0.15) is 0 Å². The van der Waals surface area contributed by atoms with Gasteiger partial charge in [0.2, 0.25) is 5.95 Å². The van der Waals surface area contributed by atoms with Gasteiger partial charge in [0.15, 0.2) is 0 Å². The summed E-state index contributed by atoms with van der Waals surface area (Å²) in [6.07, 6.45) is 1.81. The van der Waals surface area contributed by atoms with Gasteiger partial charge >= 0.3 is 0 Å². The first-order chi connectivity index (χ1) is 8.58. The zero-order valence-electron chi connectivity index (χ0n) is 10.1. The molecule has 0 radical (unpaired) electrons. The minimum absolute atomic E-state index is 0.484. The van der Waals surface area contributed by atoms with Crippen LogP contribution in [0, 0.1) is 0 Å². The van der Waals surface area contributed by atoms with E-state index in [0.29, 0.717) is 5.95 Å². The van der Waals surface area contributed by atoms with Crippen LogP contribution in [0.5, 0.6) is 0 Å². The van der Waals surface area contributed by atoms with Gasteiger partial charge in [-0.1, -0.05) is 6.07 Å². The highest BCUT2D eigenvalue weighted by Gasteiger charge is 2.13. The van der Waals surface area contributed by atoms with Crippen LogP contribution in [-0.2, 0) is 14.1 Å². The van der Waals surface area contributed by atoms with E-state index in [1.807, 2.05) is 41.4 Å². The SMILES string of the molecule is Cn1c(N)nc(Br)c1-c1ccc2c(c1)ncn2C. The van der Waals surface area contributed by atoms with Crippen molar-refractivity contribution in [2.24, 2.45) is 14.1 Å². The maximum absolute atomic E-state index is 5.80. The zero-order chi connectivity index (χ0) is 12.9. The minimum Gasteiger partial charge on any atom is -0.369 e. The molecule has 3 rings (SSSR count). The lowest BCUT2D eigenvalue weighted by molar-refractivity contribution is 0.938. The lowest BCUT2D eigenvalue weighted by atomic mass is 10.1. The molecule has 0 saturated carbocycles. The molecule has 2 aromatic heterocycles. The first kappa shape index (κ1) is 11.3. The number of nitrogens with zero attached hydrogens (tertiary/aromatic N) is 4. The second kappa shape index (κ2) is 3.84. The molecule has 92 valence electrons. The smallest absolute Gasteiger partial charge is 0.201 e. The second-order valence-electron chi connectivity index (χ2n) is 4.23. The Morgan fingerprint density at radius 1 is 1.28 bits per heavy atom. The van der Waals surface area contributed by atoms with Crippen molar-refractivity contribution >= 4 is 32.9 Å². The molecule has 0 atom stereocenters. The quantitative estimate of drug-likeness (QED) is 0.750. The summed E-state index contributed by atoms with van der Waals surface area (Å²) < 4.78 is 4.60. The molecule has 0 aliphatic rings. The first-order valence-corrected chi connectivity index (χ1v) is 6.26. The van der Waals surface area contributed by atoms with E-state index in [9.17, 15) is 0 Å². The van der Waals surface area contributed by atoms with Crippen LogP contribution >= 0.6 is 15.9 Å². The molecule has 0 aliphatic heterocycles. The Hall–Kier alpha value is -1.82. The number of hydrogen-bond donors (Lipinski definition) is 1. The van der Waals surface area contributed by atoms with Gasteiger partial charge < -0.3 is 14.9 Å². The van der Waals surface area contributed by atoms with E-state index in [-0.39, 0.29) is 0 Å². The number of aromatic nitrogens is 4. The summed E-state index contributed by atoms with van der Waals surface area (Å²) in [6, 6.07) is 6.13. The third-order valence-corrected chi connectivity index (χ3v) is 3.64. The molecule has 0 amide bonds. The predicted molar refractivity (Wildman–Crippen MR) is 75.0 cm³/mol. The third-order valence-electron chi connectivity index (χ3n) is 3.09. The fraction of sp³-hybridized carbons (Fsp3) is 0.167. The standard InChI is InChI=1S/C12H12BrN5/c1-17-6-15-8-5-7(3-4-9(8)17)10-11(13)16-12(14)18(10)2/h3-6H,1-2H3,(H2,14,16). The van der Waals surface area contributed by atoms with Crippen molar-refractivity contribution in [1.29, 1.82) is 0 Å². The topological polar surface area (TPSA) is 61.7 Å². The monoisotopic (exact) mass is 305 g/mol. The molecule has 0 aliphatic carbocycles. The van der Waals surface area contributed by atoms with Gasteiger partial charge in [0, 0.05) is 19.7 Å². The molecule has 5 nitrogen and oxygen atoms in total. The Balaban J connectivity index is 2.25. The largest absolute Gasteiger partial charge is 0.369 e. The van der Waals surface area contributed by atoms with Crippen LogP contribution in [0.2, 0.25) is 0 Å². The molecule has 0 saturated heterocycles. The molecule has 6 heteroatoms. The molecule has 3 aromatic rings. The number of rotatable bonds is 1. The van der Waals surface area contributed by atoms with Crippen molar-refractivity contribution in [3.8, 4) is 11.3 Å². The Kier molecular flexibility index (Phi) is 2.41. The first-order valence-electron chi connectivity index (χ1n) is 5.47. The number of hydrogen-bond acceptors (Lipinski definition) is 3. The number of fused-ring (bicyclic) bond motifs is 1. The van der Waals surface area contributed by atoms with E-state index in [4.69, 9.17) is 5.73 Å². The van der Waals surface area contributed by atoms with E-state index < -0.39 is 0 Å². The van der Waals surface area contributed by atoms with E-state index in [2.05, 4.69) is 25.9 Å². The highest BCUT2D eigenvalue weighted by molar-refractivity contribution is 9.10. The van der Waals surface area contributed by atoms with Crippen molar-refractivity contribution in [2.75, 3.05) is 5.73 Å². The predicted octanol–water partition coefficient (Wildman–Crippen LogP) is 2.32. The summed E-state index contributed by atoms with van der Waals surface area (Å²) in [5.74, 6) is 0.484. The van der Waals surface area contributed by atoms with Gasteiger partial charge in [-0.25, -0.2) is 9.97 Å². The van der Waals surface area contributed by atoms with Crippen molar-refractivity contribution in [2.45, 2.75) is 0 Å². The van der Waals surface area contributed by atoms with Crippen LogP contribution in [0.3, 0.4) is 0 Å². The number of nitrogens with two attached hydrogens (primary N) is 1. The van der Waals surface area contributed by atoms with Gasteiger partial charge in [0.25, 0.3) is 0 Å². The van der Waals surface area contributed by atoms with Crippen LogP contribution in [0.15, 0.2) is 29.1 Å². The van der Waals surface area contributed by atoms with Gasteiger partial charge in [-0.05, 0) is 28.1 Å². The second-order valence-corrected chi connectivity index (χ2v) is 4.98. The molecule has 0 unspecified atom stereocenters. The van der Waals surface area contributed by atoms with Crippen LogP contribution in [0.4, 0.5) is 5.95 Å². The molecule has 0 fully saturated rings. The zero-order valence-corrected chi connectivity index (χ0v) is 11.6. The molecule has 1 aromatic carbocycles. The van der Waals surface area contributed by atoms with Crippen LogP contribution in [0.25, 0.3) is 22.3 Å². The van der Waals surface area contributed by atoms with E-state index in [0.717, 1.165) is 26.9 Å². The third kappa shape index (κ3) is 1.53. The summed E-state index contributed by atoms with van der Waals surface area (Å²) in [7, 11) is 3.87. The van der Waals surface area contributed by atoms with Crippen LogP contribution in [0.1, 0.15) is 0 Å². The molecule has 0 bridgehead atoms. The number of halogens is 1. The van der Waals surface area contributed by atoms with E-state index >= 15 is 0 Å². The molecular weight excluding hydrogens is 294 g/mol. The summed E-state index contributed by atoms with van der Waals surface area (Å²) in [5.41, 5.74) is 9.86. The fourth-order valence-electron chi connectivity index (χ4n) is 2.08. The van der Waals surface area contributed by atoms with Gasteiger partial charge in [0.1, 0.15) is 4.60 Å². The lowest BCUT2D eigenvalue weighted by Gasteiger charge is -2.04. The van der Waals surface area contributed by atoms with Crippen LogP contribution < -0.4 is 5.73 Å². The molecular formula is C12H12BrN5. The summed E-state index contributed by atoms with van der Waals surface area (Å²) in [4.78, 5) is 8.56. The number of nitrogen functional groups attached to an aromatic ring is 1. The number of aryl methyl sites for hydroxylation is 1. The molecule has 0 spiro atoms. The highest BCUT2D eigenvalue weighted by Crippen LogP contribution is 2.30. The number of benzene rings is 1. The lowest BCUT2D eigenvalue weighted by Crippen LogP contribution is -1.98. The van der Waals surface area contributed by atoms with Gasteiger partial charge in [-0.15, -0.1) is 0 Å². The van der Waals surface area contributed by atoms with E-state index in [1.54, 1.807) is 6.33 Å². The number of anilines is 1. The Morgan fingerprint density at radius 3 is 2.72 bits per heavy atom. The van der Waals surface area contributed by atoms with Crippen molar-refractivity contribution < 1.29 is 0 Å². The fourth-order valence-corrected chi connectivity index (χ4v) is 2.75. The highest BCUT2D eigenvalue weighted by atomic mass is 79.9. The van der Waals surface area contributed by atoms with Crippen LogP contribution in [-0.4, -0.2) is 19.1 Å². The average molecular weight is 306 g/mol. The van der Waals surface area contributed by atoms with E-state index in [1.165, 1.54) is 0 Å². The molecule has 18 heavy (non-hydrogen) atoms. The Bertz CT molecular complexity index is 740. The van der Waals surface area contributed by atoms with Crippen molar-refractivity contribution in [1.82, 2.24) is 19.1 Å². The number of imidazole rings is 2. The summed E-state index contributed by atoms with van der Waals surface area (Å²) >= 11 is 3.44. The molecule has 2 N–H and O–H groups in total. The van der Waals surface area contributed by atoms with Crippen molar-refractivity contribution in [3.63, 3.8) is 0 Å². The summed E-state index contributed by atoms with van der Waals surface area (Å²) in [5, 5.41) is 0. The van der Waals surface area contributed by atoms with Gasteiger partial charge in [-0.3, -0.25) is 0 Å². The maximum Gasteiger partial charge on any atom is 0.201 e. The normalized spacial score (nSPS) is 11.3.